The van der Waals surface area contributed by atoms with Crippen molar-refractivity contribution in [2.45, 2.75) is 19.8 Å². The van der Waals surface area contributed by atoms with Crippen LogP contribution in [0.2, 0.25) is 0 Å². The molecule has 0 saturated heterocycles. The topological polar surface area (TPSA) is 52.6 Å². The summed E-state index contributed by atoms with van der Waals surface area (Å²) in [6.45, 7) is 3.34. The van der Waals surface area contributed by atoms with Crippen LogP contribution in [0.5, 0.6) is 5.75 Å². The highest BCUT2D eigenvalue weighted by Gasteiger charge is 2.26. The molecular formula is C13H16O4. The summed E-state index contributed by atoms with van der Waals surface area (Å²) in [7, 11) is 1.53. The number of Topliss-reactive ketones (excluding diaryl/α,β-unsaturated/α-hetero) is 1. The first-order valence-corrected chi connectivity index (χ1v) is 5.41. The third-order valence-corrected chi connectivity index (χ3v) is 2.36. The lowest BCUT2D eigenvalue weighted by atomic mass is 9.95. The van der Waals surface area contributed by atoms with Crippen molar-refractivity contribution in [3.63, 3.8) is 0 Å². The molecule has 0 aromatic heterocycles. The van der Waals surface area contributed by atoms with E-state index in [9.17, 15) is 9.59 Å². The molecule has 17 heavy (non-hydrogen) atoms. The number of ketones is 1. The molecule has 0 aliphatic heterocycles. The summed E-state index contributed by atoms with van der Waals surface area (Å²) in [6, 6.07) is 6.88. The molecule has 0 saturated carbocycles. The molecule has 0 aliphatic rings. The van der Waals surface area contributed by atoms with Gasteiger partial charge in [0.25, 0.3) is 0 Å². The van der Waals surface area contributed by atoms with Gasteiger partial charge in [-0.15, -0.1) is 0 Å². The first kappa shape index (κ1) is 13.2. The third kappa shape index (κ3) is 3.31. The van der Waals surface area contributed by atoms with Gasteiger partial charge in [-0.2, -0.15) is 0 Å². The lowest BCUT2D eigenvalue weighted by molar-refractivity contribution is -0.147. The van der Waals surface area contributed by atoms with Crippen molar-refractivity contribution >= 4 is 11.8 Å². The van der Waals surface area contributed by atoms with Crippen LogP contribution in [0.3, 0.4) is 0 Å². The number of hydrogen-bond acceptors (Lipinski definition) is 4. The number of rotatable bonds is 5. The molecule has 1 aromatic rings. The molecule has 0 radical (unpaired) electrons. The van der Waals surface area contributed by atoms with Crippen molar-refractivity contribution in [2.75, 3.05) is 13.7 Å². The van der Waals surface area contributed by atoms with Crippen LogP contribution in [-0.4, -0.2) is 25.5 Å². The van der Waals surface area contributed by atoms with E-state index in [1.165, 1.54) is 14.0 Å². The molecule has 4 heteroatoms. The predicted octanol–water partition coefficient (Wildman–Crippen LogP) is 1.93. The number of methoxy groups -OCH3 is 1. The van der Waals surface area contributed by atoms with E-state index in [4.69, 9.17) is 9.47 Å². The maximum atomic E-state index is 11.7. The fourth-order valence-electron chi connectivity index (χ4n) is 1.58. The molecule has 1 unspecified atom stereocenters. The van der Waals surface area contributed by atoms with Crippen molar-refractivity contribution in [1.29, 1.82) is 0 Å². The molecule has 0 amide bonds. The highest BCUT2D eigenvalue weighted by Crippen LogP contribution is 2.23. The Kier molecular flexibility index (Phi) is 4.69. The first-order chi connectivity index (χ1) is 8.10. The minimum absolute atomic E-state index is 0.239. The van der Waals surface area contributed by atoms with Gasteiger partial charge in [0.1, 0.15) is 17.5 Å². The highest BCUT2D eigenvalue weighted by molar-refractivity contribution is 6.03. The molecule has 0 heterocycles. The standard InChI is InChI=1S/C13H16O4/c1-4-17-13(15)12(9(2)14)10-6-5-7-11(8-10)16-3/h5-8,12H,4H2,1-3H3. The number of ether oxygens (including phenoxy) is 2. The van der Waals surface area contributed by atoms with Crippen LogP contribution in [0.15, 0.2) is 24.3 Å². The van der Waals surface area contributed by atoms with Crippen molar-refractivity contribution in [1.82, 2.24) is 0 Å². The fraction of sp³-hybridized carbons (Fsp3) is 0.385. The molecule has 0 fully saturated rings. The van der Waals surface area contributed by atoms with E-state index in [1.54, 1.807) is 31.2 Å². The predicted molar refractivity (Wildman–Crippen MR) is 63.0 cm³/mol. The van der Waals surface area contributed by atoms with Crippen LogP contribution in [0, 0.1) is 0 Å². The zero-order chi connectivity index (χ0) is 12.8. The minimum Gasteiger partial charge on any atom is -0.497 e. The second-order valence-corrected chi connectivity index (χ2v) is 3.57. The van der Waals surface area contributed by atoms with E-state index in [0.29, 0.717) is 11.3 Å². The molecule has 0 N–H and O–H groups in total. The van der Waals surface area contributed by atoms with Gasteiger partial charge >= 0.3 is 5.97 Å². The third-order valence-electron chi connectivity index (χ3n) is 2.36. The zero-order valence-electron chi connectivity index (χ0n) is 10.2. The Morgan fingerprint density at radius 2 is 2.06 bits per heavy atom. The fourth-order valence-corrected chi connectivity index (χ4v) is 1.58. The SMILES string of the molecule is CCOC(=O)C(C(C)=O)c1cccc(OC)c1. The smallest absolute Gasteiger partial charge is 0.320 e. The molecule has 92 valence electrons. The molecule has 0 aliphatic carbocycles. The van der Waals surface area contributed by atoms with Gasteiger partial charge in [-0.05, 0) is 31.5 Å². The van der Waals surface area contributed by atoms with Crippen molar-refractivity contribution in [3.8, 4) is 5.75 Å². The average Bonchev–Trinajstić information content (AvgIpc) is 2.29. The van der Waals surface area contributed by atoms with Gasteiger partial charge in [-0.25, -0.2) is 0 Å². The number of benzene rings is 1. The van der Waals surface area contributed by atoms with E-state index in [0.717, 1.165) is 0 Å². The van der Waals surface area contributed by atoms with Gasteiger partial charge in [-0.3, -0.25) is 9.59 Å². The molecule has 4 nitrogen and oxygen atoms in total. The lowest BCUT2D eigenvalue weighted by Crippen LogP contribution is -2.22. The van der Waals surface area contributed by atoms with E-state index >= 15 is 0 Å². The Morgan fingerprint density at radius 1 is 1.35 bits per heavy atom. The summed E-state index contributed by atoms with van der Waals surface area (Å²) in [5.74, 6) is -1.02. The molecule has 1 atom stereocenters. The summed E-state index contributed by atoms with van der Waals surface area (Å²) >= 11 is 0. The van der Waals surface area contributed by atoms with E-state index in [-0.39, 0.29) is 12.4 Å². The van der Waals surface area contributed by atoms with E-state index in [2.05, 4.69) is 0 Å². The van der Waals surface area contributed by atoms with Crippen molar-refractivity contribution < 1.29 is 19.1 Å². The first-order valence-electron chi connectivity index (χ1n) is 5.41. The largest absolute Gasteiger partial charge is 0.497 e. The van der Waals surface area contributed by atoms with E-state index < -0.39 is 11.9 Å². The van der Waals surface area contributed by atoms with Gasteiger partial charge in [0.2, 0.25) is 0 Å². The Bertz CT molecular complexity index is 412. The van der Waals surface area contributed by atoms with E-state index in [1.807, 2.05) is 0 Å². The Balaban J connectivity index is 3.05. The summed E-state index contributed by atoms with van der Waals surface area (Å²) in [6.07, 6.45) is 0. The Morgan fingerprint density at radius 3 is 2.59 bits per heavy atom. The summed E-state index contributed by atoms with van der Waals surface area (Å²) < 4.78 is 9.95. The highest BCUT2D eigenvalue weighted by atomic mass is 16.5. The second kappa shape index (κ2) is 6.03. The average molecular weight is 236 g/mol. The van der Waals surface area contributed by atoms with Crippen LogP contribution >= 0.6 is 0 Å². The summed E-state index contributed by atoms with van der Waals surface area (Å²) in [5.41, 5.74) is 0.593. The minimum atomic E-state index is -0.870. The molecule has 1 aromatic carbocycles. The Hall–Kier alpha value is -1.84. The van der Waals surface area contributed by atoms with Crippen LogP contribution < -0.4 is 4.74 Å². The number of carbonyl (C=O) groups is 2. The van der Waals surface area contributed by atoms with Gasteiger partial charge in [0, 0.05) is 0 Å². The number of carbonyl (C=O) groups excluding carboxylic acids is 2. The van der Waals surface area contributed by atoms with Gasteiger partial charge in [0.05, 0.1) is 13.7 Å². The van der Waals surface area contributed by atoms with Crippen molar-refractivity contribution in [2.24, 2.45) is 0 Å². The zero-order valence-corrected chi connectivity index (χ0v) is 10.2. The monoisotopic (exact) mass is 236 g/mol. The molecule has 0 spiro atoms. The summed E-state index contributed by atoms with van der Waals surface area (Å²) in [4.78, 5) is 23.2. The molecule has 1 rings (SSSR count). The summed E-state index contributed by atoms with van der Waals surface area (Å²) in [5, 5.41) is 0. The Labute approximate surface area is 101 Å². The molecule has 0 bridgehead atoms. The van der Waals surface area contributed by atoms with Crippen LogP contribution in [0.1, 0.15) is 25.3 Å². The molecular weight excluding hydrogens is 220 g/mol. The quantitative estimate of drug-likeness (QED) is 0.579. The van der Waals surface area contributed by atoms with Gasteiger partial charge in [0.15, 0.2) is 0 Å². The lowest BCUT2D eigenvalue weighted by Gasteiger charge is -2.13. The van der Waals surface area contributed by atoms with Gasteiger partial charge in [-0.1, -0.05) is 12.1 Å². The second-order valence-electron chi connectivity index (χ2n) is 3.57. The number of hydrogen-bond donors (Lipinski definition) is 0. The van der Waals surface area contributed by atoms with Crippen LogP contribution in [-0.2, 0) is 14.3 Å². The van der Waals surface area contributed by atoms with Crippen LogP contribution in [0.25, 0.3) is 0 Å². The normalized spacial score (nSPS) is 11.7. The number of esters is 1. The van der Waals surface area contributed by atoms with Gasteiger partial charge < -0.3 is 9.47 Å². The van der Waals surface area contributed by atoms with Crippen LogP contribution in [0.4, 0.5) is 0 Å². The maximum Gasteiger partial charge on any atom is 0.320 e. The maximum absolute atomic E-state index is 11.7. The van der Waals surface area contributed by atoms with Crippen molar-refractivity contribution in [3.05, 3.63) is 29.8 Å².